The summed E-state index contributed by atoms with van der Waals surface area (Å²) in [7, 11) is 5.00. The van der Waals surface area contributed by atoms with E-state index in [0.717, 1.165) is 24.0 Å². The van der Waals surface area contributed by atoms with Crippen LogP contribution < -0.4 is 24.0 Å². The zero-order chi connectivity index (χ0) is 18.4. The lowest BCUT2D eigenvalue weighted by molar-refractivity contribution is -1.02. The van der Waals surface area contributed by atoms with Crippen LogP contribution in [0, 0.1) is 5.92 Å². The highest BCUT2D eigenvalue weighted by Gasteiger charge is 2.26. The molecule has 3 rings (SSSR count). The molecule has 144 valence electrons. The van der Waals surface area contributed by atoms with Gasteiger partial charge in [0.05, 0.1) is 27.9 Å². The van der Waals surface area contributed by atoms with E-state index in [0.29, 0.717) is 5.75 Å². The molecule has 1 heterocycles. The average molecular weight is 363 g/mol. The molecular formula is C21H34N2O3+2. The summed E-state index contributed by atoms with van der Waals surface area (Å²) in [5.74, 6) is 3.06. The van der Waals surface area contributed by atoms with E-state index in [4.69, 9.17) is 14.2 Å². The molecule has 1 atom stereocenters. The Morgan fingerprint density at radius 1 is 0.885 bits per heavy atom. The maximum Gasteiger partial charge on any atom is 0.203 e. The van der Waals surface area contributed by atoms with Crippen molar-refractivity contribution >= 4 is 0 Å². The summed E-state index contributed by atoms with van der Waals surface area (Å²) >= 11 is 0. The van der Waals surface area contributed by atoms with Gasteiger partial charge < -0.3 is 24.0 Å². The first-order valence-electron chi connectivity index (χ1n) is 9.84. The summed E-state index contributed by atoms with van der Waals surface area (Å²) in [6.45, 7) is 7.38. The molecule has 26 heavy (non-hydrogen) atoms. The Morgan fingerprint density at radius 2 is 1.54 bits per heavy atom. The fraction of sp³-hybridized carbons (Fsp3) is 0.619. The average Bonchev–Trinajstić information content (AvgIpc) is 2.69. The molecule has 1 aromatic carbocycles. The maximum atomic E-state index is 5.49. The number of benzene rings is 1. The van der Waals surface area contributed by atoms with Crippen LogP contribution in [0.15, 0.2) is 24.3 Å². The second-order valence-corrected chi connectivity index (χ2v) is 7.56. The Labute approximate surface area is 157 Å². The Balaban J connectivity index is 1.55. The van der Waals surface area contributed by atoms with Crippen LogP contribution in [0.5, 0.6) is 17.2 Å². The second-order valence-electron chi connectivity index (χ2n) is 7.56. The molecule has 1 unspecified atom stereocenters. The quantitative estimate of drug-likeness (QED) is 0.688. The second kappa shape index (κ2) is 9.28. The first-order valence-corrected chi connectivity index (χ1v) is 9.84. The number of hydrogen-bond acceptors (Lipinski definition) is 3. The third kappa shape index (κ3) is 4.71. The third-order valence-corrected chi connectivity index (χ3v) is 5.80. The van der Waals surface area contributed by atoms with Gasteiger partial charge in [-0.2, -0.15) is 0 Å². The Kier molecular flexibility index (Phi) is 6.80. The van der Waals surface area contributed by atoms with Gasteiger partial charge in [-0.05, 0) is 31.4 Å². The summed E-state index contributed by atoms with van der Waals surface area (Å²) in [4.78, 5) is 3.44. The molecule has 0 amide bonds. The van der Waals surface area contributed by atoms with Gasteiger partial charge in [0.15, 0.2) is 11.5 Å². The van der Waals surface area contributed by atoms with E-state index in [-0.39, 0.29) is 0 Å². The van der Waals surface area contributed by atoms with Crippen LogP contribution in [0.25, 0.3) is 0 Å². The summed E-state index contributed by atoms with van der Waals surface area (Å²) in [6.07, 6.45) is 8.65. The topological polar surface area (TPSA) is 36.6 Å². The number of nitrogens with one attached hydrogen (secondary N) is 2. The SMILES string of the molecule is COc1cc(C[NH+]2CC[NH+](CC3CC=CCC3)CC2)cc(OC)c1OC. The van der Waals surface area contributed by atoms with Crippen molar-refractivity contribution in [2.75, 3.05) is 54.1 Å². The fourth-order valence-corrected chi connectivity index (χ4v) is 4.31. The normalized spacial score (nSPS) is 25.7. The van der Waals surface area contributed by atoms with Crippen molar-refractivity contribution in [3.05, 3.63) is 29.8 Å². The van der Waals surface area contributed by atoms with E-state index in [1.165, 1.54) is 57.5 Å². The highest BCUT2D eigenvalue weighted by Crippen LogP contribution is 2.37. The van der Waals surface area contributed by atoms with Gasteiger partial charge in [-0.25, -0.2) is 0 Å². The van der Waals surface area contributed by atoms with Crippen LogP contribution in [-0.4, -0.2) is 54.1 Å². The minimum absolute atomic E-state index is 0.671. The van der Waals surface area contributed by atoms with Crippen LogP contribution >= 0.6 is 0 Å². The zero-order valence-corrected chi connectivity index (χ0v) is 16.5. The third-order valence-electron chi connectivity index (χ3n) is 5.80. The number of allylic oxidation sites excluding steroid dienone is 2. The van der Waals surface area contributed by atoms with Crippen LogP contribution in [0.1, 0.15) is 24.8 Å². The number of rotatable bonds is 7. The summed E-state index contributed by atoms with van der Waals surface area (Å²) in [5.41, 5.74) is 1.25. The highest BCUT2D eigenvalue weighted by atomic mass is 16.5. The summed E-state index contributed by atoms with van der Waals surface area (Å²) < 4.78 is 16.4. The van der Waals surface area contributed by atoms with Gasteiger partial charge in [-0.3, -0.25) is 0 Å². The van der Waals surface area contributed by atoms with Crippen molar-refractivity contribution in [2.45, 2.75) is 25.8 Å². The number of ether oxygens (including phenoxy) is 3. The van der Waals surface area contributed by atoms with Crippen LogP contribution in [-0.2, 0) is 6.54 Å². The number of methoxy groups -OCH3 is 3. The highest BCUT2D eigenvalue weighted by molar-refractivity contribution is 5.53. The molecule has 2 N–H and O–H groups in total. The number of piperazine rings is 1. The van der Waals surface area contributed by atoms with Gasteiger partial charge in [-0.15, -0.1) is 0 Å². The van der Waals surface area contributed by atoms with Gasteiger partial charge in [0, 0.05) is 11.5 Å². The molecule has 5 nitrogen and oxygen atoms in total. The molecule has 1 fully saturated rings. The Hall–Kier alpha value is -1.72. The van der Waals surface area contributed by atoms with Gasteiger partial charge in [0.1, 0.15) is 32.7 Å². The molecule has 0 saturated carbocycles. The minimum Gasteiger partial charge on any atom is -0.493 e. The van der Waals surface area contributed by atoms with E-state index in [1.807, 2.05) is 0 Å². The zero-order valence-electron chi connectivity index (χ0n) is 16.5. The number of hydrogen-bond donors (Lipinski definition) is 2. The number of quaternary nitrogens is 2. The van der Waals surface area contributed by atoms with Gasteiger partial charge in [0.25, 0.3) is 0 Å². The van der Waals surface area contributed by atoms with E-state index < -0.39 is 0 Å². The molecule has 2 aliphatic rings. The van der Waals surface area contributed by atoms with Crippen molar-refractivity contribution in [2.24, 2.45) is 5.92 Å². The van der Waals surface area contributed by atoms with Crippen molar-refractivity contribution in [1.29, 1.82) is 0 Å². The lowest BCUT2D eigenvalue weighted by Gasteiger charge is -2.32. The first kappa shape index (κ1) is 19.1. The summed E-state index contributed by atoms with van der Waals surface area (Å²) in [5, 5.41) is 0. The molecule has 1 aliphatic carbocycles. The fourth-order valence-electron chi connectivity index (χ4n) is 4.31. The van der Waals surface area contributed by atoms with Crippen molar-refractivity contribution < 1.29 is 24.0 Å². The van der Waals surface area contributed by atoms with Crippen molar-refractivity contribution in [3.63, 3.8) is 0 Å². The minimum atomic E-state index is 0.671. The molecule has 1 aromatic rings. The van der Waals surface area contributed by atoms with Gasteiger partial charge in [-0.1, -0.05) is 12.2 Å². The molecular weight excluding hydrogens is 328 g/mol. The van der Waals surface area contributed by atoms with E-state index in [9.17, 15) is 0 Å². The first-order chi connectivity index (χ1) is 12.7. The van der Waals surface area contributed by atoms with Crippen molar-refractivity contribution in [3.8, 4) is 17.2 Å². The Bertz CT molecular complexity index is 584. The van der Waals surface area contributed by atoms with Crippen LogP contribution in [0.3, 0.4) is 0 Å². The standard InChI is InChI=1S/C21H32N2O3/c1-24-19-13-18(14-20(25-2)21(19)26-3)16-23-11-9-22(10-12-23)15-17-7-5-4-6-8-17/h4-5,13-14,17H,6-12,15-16H2,1-3H3/p+2. The van der Waals surface area contributed by atoms with Gasteiger partial charge in [0.2, 0.25) is 5.75 Å². The van der Waals surface area contributed by atoms with Gasteiger partial charge >= 0.3 is 0 Å². The van der Waals surface area contributed by atoms with Crippen LogP contribution in [0.4, 0.5) is 0 Å². The largest absolute Gasteiger partial charge is 0.493 e. The molecule has 0 bridgehead atoms. The van der Waals surface area contributed by atoms with E-state index in [2.05, 4.69) is 24.3 Å². The lowest BCUT2D eigenvalue weighted by Crippen LogP contribution is -3.27. The summed E-state index contributed by atoms with van der Waals surface area (Å²) in [6, 6.07) is 4.17. The smallest absolute Gasteiger partial charge is 0.203 e. The van der Waals surface area contributed by atoms with E-state index >= 15 is 0 Å². The Morgan fingerprint density at radius 3 is 2.08 bits per heavy atom. The predicted octanol–water partition coefficient (Wildman–Crippen LogP) is 0.352. The van der Waals surface area contributed by atoms with Crippen LogP contribution in [0.2, 0.25) is 0 Å². The lowest BCUT2D eigenvalue weighted by atomic mass is 9.94. The van der Waals surface area contributed by atoms with E-state index in [1.54, 1.807) is 31.1 Å². The monoisotopic (exact) mass is 362 g/mol. The molecule has 1 aliphatic heterocycles. The molecule has 0 spiro atoms. The maximum absolute atomic E-state index is 5.49. The molecule has 1 saturated heterocycles. The molecule has 0 radical (unpaired) electrons. The molecule has 5 heteroatoms. The molecule has 0 aromatic heterocycles. The predicted molar refractivity (Wildman–Crippen MR) is 103 cm³/mol. The van der Waals surface area contributed by atoms with Crippen molar-refractivity contribution in [1.82, 2.24) is 0 Å².